The van der Waals surface area contributed by atoms with Gasteiger partial charge in [-0.2, -0.15) is 9.65 Å². The molecule has 2 aliphatic heterocycles. The summed E-state index contributed by atoms with van der Waals surface area (Å²) >= 11 is 12.8. The number of benzene rings is 1. The van der Waals surface area contributed by atoms with Crippen LogP contribution in [-0.4, -0.2) is 56.3 Å². The maximum absolute atomic E-state index is 14.7. The van der Waals surface area contributed by atoms with Crippen LogP contribution in [-0.2, 0) is 4.79 Å². The normalized spacial score (nSPS) is 21.3. The molecule has 2 aliphatic rings. The lowest BCUT2D eigenvalue weighted by molar-refractivity contribution is -0.130. The smallest absolute Gasteiger partial charge is 0.272 e. The molecule has 0 saturated carbocycles. The summed E-state index contributed by atoms with van der Waals surface area (Å²) in [7, 11) is 0. The molecule has 0 bridgehead atoms. The summed E-state index contributed by atoms with van der Waals surface area (Å²) in [5.41, 5.74) is -1.31. The first kappa shape index (κ1) is 34.0. The van der Waals surface area contributed by atoms with Crippen LogP contribution >= 0.6 is 23.2 Å². The van der Waals surface area contributed by atoms with E-state index in [1.807, 2.05) is 34.6 Å². The molecule has 5 rings (SSSR count). The number of hydrogen-bond donors (Lipinski definition) is 1. The molecule has 1 amide bonds. The van der Waals surface area contributed by atoms with Crippen molar-refractivity contribution in [1.82, 2.24) is 14.5 Å². The molecule has 1 N–H and O–H groups in total. The molecule has 246 valence electrons. The number of hydrogen-bond acceptors (Lipinski definition) is 7. The lowest BCUT2D eigenvalue weighted by Gasteiger charge is -2.45. The number of aromatic hydroxyl groups is 1. The lowest BCUT2D eigenvalue weighted by Crippen LogP contribution is -2.58. The molecule has 14 heteroatoms. The van der Waals surface area contributed by atoms with Crippen molar-refractivity contribution in [2.75, 3.05) is 18.0 Å². The van der Waals surface area contributed by atoms with Crippen LogP contribution in [0.25, 0.3) is 22.3 Å². The van der Waals surface area contributed by atoms with Crippen LogP contribution in [0.2, 0.25) is 10.0 Å². The number of nitriles is 1. The third kappa shape index (κ3) is 5.45. The van der Waals surface area contributed by atoms with E-state index in [0.29, 0.717) is 5.71 Å². The Labute approximate surface area is 278 Å². The van der Waals surface area contributed by atoms with Gasteiger partial charge in [0.1, 0.15) is 17.3 Å². The number of amides is 1. The van der Waals surface area contributed by atoms with Crippen molar-refractivity contribution >= 4 is 51.5 Å². The highest BCUT2D eigenvalue weighted by Crippen LogP contribution is 2.45. The van der Waals surface area contributed by atoms with Crippen molar-refractivity contribution in [3.63, 3.8) is 0 Å². The maximum Gasteiger partial charge on any atom is 0.272 e. The molecule has 1 unspecified atom stereocenters. The number of nitrogens with zero attached hydrogens (tertiary/aromatic N) is 6. The van der Waals surface area contributed by atoms with Gasteiger partial charge in [0.05, 0.1) is 33.0 Å². The van der Waals surface area contributed by atoms with Gasteiger partial charge in [-0.25, -0.2) is 13.8 Å². The number of phenols is 1. The SMILES string of the molecule is C=CC(=O)N1[C@H](C)CN(c2c(C#N)c(=O)n(C3C(C(C)C)=NC=C[C@H]3C)c3nc(-c4c(O)c(F)c(F)c(F)c4Cl)c(Cl)cc23)C[C@@H]1C. The number of rotatable bonds is 5. The fourth-order valence-corrected chi connectivity index (χ4v) is 7.12. The van der Waals surface area contributed by atoms with Crippen LogP contribution in [0.4, 0.5) is 18.9 Å². The Balaban J connectivity index is 1.91. The van der Waals surface area contributed by atoms with E-state index in [4.69, 9.17) is 23.2 Å². The molecule has 4 heterocycles. The predicted octanol–water partition coefficient (Wildman–Crippen LogP) is 6.78. The van der Waals surface area contributed by atoms with E-state index in [0.717, 1.165) is 0 Å². The lowest BCUT2D eigenvalue weighted by atomic mass is 9.88. The van der Waals surface area contributed by atoms with Crippen LogP contribution in [0.15, 0.2) is 40.8 Å². The molecule has 0 spiro atoms. The van der Waals surface area contributed by atoms with Gasteiger partial charge in [-0.15, -0.1) is 0 Å². The van der Waals surface area contributed by atoms with Crippen LogP contribution in [0, 0.1) is 40.6 Å². The number of fused-ring (bicyclic) bond motifs is 1. The number of aromatic nitrogens is 2. The van der Waals surface area contributed by atoms with Gasteiger partial charge >= 0.3 is 0 Å². The van der Waals surface area contributed by atoms with Crippen molar-refractivity contribution in [3.05, 3.63) is 74.4 Å². The number of anilines is 1. The van der Waals surface area contributed by atoms with Crippen molar-refractivity contribution in [3.8, 4) is 23.1 Å². The minimum absolute atomic E-state index is 0.0468. The van der Waals surface area contributed by atoms with Crippen molar-refractivity contribution < 1.29 is 23.1 Å². The summed E-state index contributed by atoms with van der Waals surface area (Å²) in [6.07, 6.45) is 4.65. The van der Waals surface area contributed by atoms with Gasteiger partial charge in [-0.1, -0.05) is 56.6 Å². The van der Waals surface area contributed by atoms with Crippen LogP contribution in [0.1, 0.15) is 46.2 Å². The number of carbonyl (C=O) groups is 1. The molecule has 9 nitrogen and oxygen atoms in total. The zero-order valence-corrected chi connectivity index (χ0v) is 27.7. The van der Waals surface area contributed by atoms with Crippen molar-refractivity contribution in [2.24, 2.45) is 16.8 Å². The molecule has 2 aromatic heterocycles. The minimum Gasteiger partial charge on any atom is -0.504 e. The first-order valence-corrected chi connectivity index (χ1v) is 15.6. The first-order valence-electron chi connectivity index (χ1n) is 14.8. The average molecular weight is 688 g/mol. The first-order chi connectivity index (χ1) is 22.2. The summed E-state index contributed by atoms with van der Waals surface area (Å²) in [4.78, 5) is 39.8. The summed E-state index contributed by atoms with van der Waals surface area (Å²) < 4.78 is 44.8. The molecule has 4 atom stereocenters. The Hall–Kier alpha value is -4.34. The highest BCUT2D eigenvalue weighted by Gasteiger charge is 2.38. The van der Waals surface area contributed by atoms with Crippen LogP contribution in [0.3, 0.4) is 0 Å². The molecular weight excluding hydrogens is 656 g/mol. The van der Waals surface area contributed by atoms with Gasteiger partial charge < -0.3 is 14.9 Å². The highest BCUT2D eigenvalue weighted by molar-refractivity contribution is 6.37. The molecule has 0 radical (unpaired) electrons. The number of phenolic OH excluding ortho intramolecular Hbond substituents is 1. The quantitative estimate of drug-likeness (QED) is 0.180. The molecule has 0 aliphatic carbocycles. The fourth-order valence-electron chi connectivity index (χ4n) is 6.61. The van der Waals surface area contributed by atoms with Gasteiger partial charge in [0.15, 0.2) is 17.4 Å². The Morgan fingerprint density at radius 1 is 1.15 bits per heavy atom. The van der Waals surface area contributed by atoms with Crippen molar-refractivity contribution in [2.45, 2.75) is 52.7 Å². The monoisotopic (exact) mass is 686 g/mol. The number of carbonyl (C=O) groups excluding carboxylic acids is 1. The third-order valence-electron chi connectivity index (χ3n) is 8.65. The second-order valence-corrected chi connectivity index (χ2v) is 12.9. The molecule has 1 fully saturated rings. The van der Waals surface area contributed by atoms with Crippen molar-refractivity contribution in [1.29, 1.82) is 5.26 Å². The largest absolute Gasteiger partial charge is 0.504 e. The Bertz CT molecular complexity index is 1960. The number of pyridine rings is 2. The summed E-state index contributed by atoms with van der Waals surface area (Å²) in [6.45, 7) is 13.3. The zero-order chi connectivity index (χ0) is 34.6. The van der Waals surface area contributed by atoms with E-state index in [2.05, 4.69) is 22.6 Å². The molecule has 3 aromatic rings. The highest BCUT2D eigenvalue weighted by atomic mass is 35.5. The fraction of sp³-hybridized carbons (Fsp3) is 0.364. The second kappa shape index (κ2) is 12.7. The van der Waals surface area contributed by atoms with Gasteiger partial charge in [0.25, 0.3) is 5.56 Å². The van der Waals surface area contributed by atoms with E-state index in [-0.39, 0.29) is 70.2 Å². The minimum atomic E-state index is -1.98. The van der Waals surface area contributed by atoms with Crippen LogP contribution in [0.5, 0.6) is 5.75 Å². The standard InChI is InChI=1S/C33H31Cl2F3N6O3/c1-7-21(45)43-16(5)12-42(13-17(43)6)30-18-10-20(34)28(22-23(35)24(36)25(37)26(38)31(22)46)41-32(18)44(33(47)19(30)11-39)29-15(4)8-9-40-27(29)14(2)3/h7-10,14-17,29,46H,1,12-13H2,2-6H3/t15-,16-,17+,29?/m1/s1. The van der Waals surface area contributed by atoms with E-state index in [1.165, 1.54) is 16.7 Å². The van der Waals surface area contributed by atoms with Gasteiger partial charge in [-0.3, -0.25) is 19.1 Å². The Kier molecular flexibility index (Phi) is 9.18. The van der Waals surface area contributed by atoms with E-state index < -0.39 is 51.1 Å². The maximum atomic E-state index is 14.7. The number of allylic oxidation sites excluding steroid dienone is 1. The van der Waals surface area contributed by atoms with Gasteiger partial charge in [0, 0.05) is 48.4 Å². The Morgan fingerprint density at radius 3 is 2.36 bits per heavy atom. The summed E-state index contributed by atoms with van der Waals surface area (Å²) in [5.74, 6) is -7.71. The topological polar surface area (TPSA) is 115 Å². The Morgan fingerprint density at radius 2 is 1.79 bits per heavy atom. The summed E-state index contributed by atoms with van der Waals surface area (Å²) in [5, 5.41) is 20.1. The second-order valence-electron chi connectivity index (χ2n) is 12.1. The molecule has 1 aromatic carbocycles. The van der Waals surface area contributed by atoms with Gasteiger partial charge in [-0.05, 0) is 31.9 Å². The zero-order valence-electron chi connectivity index (χ0n) is 26.2. The summed E-state index contributed by atoms with van der Waals surface area (Å²) in [6, 6.07) is 1.97. The van der Waals surface area contributed by atoms with Crippen LogP contribution < -0.4 is 10.5 Å². The third-order valence-corrected chi connectivity index (χ3v) is 9.29. The number of aliphatic imine (C=N–C) groups is 1. The van der Waals surface area contributed by atoms with E-state index in [9.17, 15) is 33.1 Å². The van der Waals surface area contributed by atoms with Gasteiger partial charge in [0.2, 0.25) is 11.7 Å². The number of piperazine rings is 1. The molecule has 47 heavy (non-hydrogen) atoms. The molecular formula is C33H31Cl2F3N6O3. The van der Waals surface area contributed by atoms with E-state index in [1.54, 1.807) is 22.1 Å². The van der Waals surface area contributed by atoms with E-state index >= 15 is 0 Å². The number of halogens is 5. The predicted molar refractivity (Wildman–Crippen MR) is 176 cm³/mol. The average Bonchev–Trinajstić information content (AvgIpc) is 3.02. The molecule has 1 saturated heterocycles.